The zero-order chi connectivity index (χ0) is 15.9. The summed E-state index contributed by atoms with van der Waals surface area (Å²) in [6, 6.07) is 0.306. The predicted octanol–water partition coefficient (Wildman–Crippen LogP) is 2.48. The number of hydrogen-bond acceptors (Lipinski definition) is 3. The molecule has 1 saturated heterocycles. The van der Waals surface area contributed by atoms with E-state index in [0.29, 0.717) is 11.5 Å². The first-order valence-corrected chi connectivity index (χ1v) is 9.75. The van der Waals surface area contributed by atoms with Crippen LogP contribution in [0.15, 0.2) is 0 Å². The first-order valence-electron chi connectivity index (χ1n) is 9.75. The Morgan fingerprint density at radius 1 is 1.13 bits per heavy atom. The molecule has 4 bridgehead atoms. The van der Waals surface area contributed by atoms with Crippen LogP contribution in [0.25, 0.3) is 0 Å². The lowest BCUT2D eigenvalue weighted by Crippen LogP contribution is -2.56. The van der Waals surface area contributed by atoms with Crippen molar-refractivity contribution in [2.75, 3.05) is 19.7 Å². The van der Waals surface area contributed by atoms with Crippen LogP contribution in [0.1, 0.15) is 58.3 Å². The van der Waals surface area contributed by atoms with Gasteiger partial charge in [0.2, 0.25) is 5.91 Å². The Morgan fingerprint density at radius 2 is 1.70 bits per heavy atom. The van der Waals surface area contributed by atoms with Crippen LogP contribution in [0.5, 0.6) is 0 Å². The largest absolute Gasteiger partial charge is 0.368 e. The summed E-state index contributed by atoms with van der Waals surface area (Å²) >= 11 is 0. The molecule has 0 radical (unpaired) electrons. The fraction of sp³-hybridized carbons (Fsp3) is 0.947. The smallest absolute Gasteiger partial charge is 0.246 e. The van der Waals surface area contributed by atoms with Gasteiger partial charge >= 0.3 is 0 Å². The molecule has 0 spiro atoms. The molecule has 4 heteroatoms. The number of carbonyl (C=O) groups is 1. The van der Waals surface area contributed by atoms with Crippen LogP contribution in [-0.2, 0) is 9.53 Å². The molecule has 0 aromatic heterocycles. The van der Waals surface area contributed by atoms with Gasteiger partial charge in [0.15, 0.2) is 0 Å². The Labute approximate surface area is 140 Å². The molecule has 130 valence electrons. The van der Waals surface area contributed by atoms with Gasteiger partial charge in [-0.3, -0.25) is 4.79 Å². The molecule has 4 nitrogen and oxygen atoms in total. The minimum atomic E-state index is 0.0896. The maximum absolute atomic E-state index is 12.3. The lowest BCUT2D eigenvalue weighted by Gasteiger charge is -2.59. The van der Waals surface area contributed by atoms with Crippen LogP contribution in [-0.4, -0.2) is 37.7 Å². The zero-order valence-corrected chi connectivity index (χ0v) is 14.5. The number of nitrogens with one attached hydrogen (secondary N) is 2. The van der Waals surface area contributed by atoms with E-state index in [1.807, 2.05) is 0 Å². The van der Waals surface area contributed by atoms with Crippen LogP contribution < -0.4 is 10.6 Å². The van der Waals surface area contributed by atoms with Gasteiger partial charge in [-0.15, -0.1) is 0 Å². The zero-order valence-electron chi connectivity index (χ0n) is 14.5. The SMILES string of the molecule is CC(NC(=O)COC1CCNCC1)C12CC3CC(CC(C3)C1)C2. The second kappa shape index (κ2) is 6.36. The highest BCUT2D eigenvalue weighted by Gasteiger charge is 2.53. The predicted molar refractivity (Wildman–Crippen MR) is 90.1 cm³/mol. The van der Waals surface area contributed by atoms with Crippen LogP contribution in [0.2, 0.25) is 0 Å². The van der Waals surface area contributed by atoms with Crippen molar-refractivity contribution >= 4 is 5.91 Å². The third kappa shape index (κ3) is 3.30. The maximum Gasteiger partial charge on any atom is 0.246 e. The van der Waals surface area contributed by atoms with Gasteiger partial charge in [0.05, 0.1) is 6.10 Å². The topological polar surface area (TPSA) is 50.4 Å². The Kier molecular flexibility index (Phi) is 4.39. The van der Waals surface area contributed by atoms with Gasteiger partial charge < -0.3 is 15.4 Å². The van der Waals surface area contributed by atoms with Gasteiger partial charge in [0.25, 0.3) is 0 Å². The van der Waals surface area contributed by atoms with Crippen molar-refractivity contribution in [3.63, 3.8) is 0 Å². The second-order valence-electron chi connectivity index (χ2n) is 8.83. The van der Waals surface area contributed by atoms with Crippen molar-refractivity contribution in [3.05, 3.63) is 0 Å². The van der Waals surface area contributed by atoms with Crippen molar-refractivity contribution in [2.24, 2.45) is 23.2 Å². The van der Waals surface area contributed by atoms with Crippen LogP contribution in [0.3, 0.4) is 0 Å². The normalized spacial score (nSPS) is 41.0. The first kappa shape index (κ1) is 15.9. The van der Waals surface area contributed by atoms with Crippen molar-refractivity contribution in [3.8, 4) is 0 Å². The fourth-order valence-corrected chi connectivity index (χ4v) is 6.30. The third-order valence-electron chi connectivity index (χ3n) is 7.12. The Morgan fingerprint density at radius 3 is 2.26 bits per heavy atom. The number of piperidine rings is 1. The van der Waals surface area contributed by atoms with E-state index in [1.54, 1.807) is 0 Å². The summed E-state index contributed by atoms with van der Waals surface area (Å²) in [5, 5.41) is 6.63. The molecule has 5 fully saturated rings. The Balaban J connectivity index is 1.29. The molecule has 2 N–H and O–H groups in total. The number of ether oxygens (including phenoxy) is 1. The summed E-state index contributed by atoms with van der Waals surface area (Å²) in [5.41, 5.74) is 0.388. The molecule has 0 aromatic carbocycles. The fourth-order valence-electron chi connectivity index (χ4n) is 6.30. The third-order valence-corrected chi connectivity index (χ3v) is 7.12. The second-order valence-corrected chi connectivity index (χ2v) is 8.83. The van der Waals surface area contributed by atoms with Gasteiger partial charge in [-0.25, -0.2) is 0 Å². The maximum atomic E-state index is 12.3. The van der Waals surface area contributed by atoms with Crippen LogP contribution in [0, 0.1) is 23.2 Å². The minimum Gasteiger partial charge on any atom is -0.368 e. The van der Waals surface area contributed by atoms with E-state index >= 15 is 0 Å². The van der Waals surface area contributed by atoms with Gasteiger partial charge in [0.1, 0.15) is 6.61 Å². The molecule has 5 aliphatic rings. The van der Waals surface area contributed by atoms with Crippen LogP contribution in [0.4, 0.5) is 0 Å². The van der Waals surface area contributed by atoms with Crippen molar-refractivity contribution in [1.82, 2.24) is 10.6 Å². The summed E-state index contributed by atoms with van der Waals surface area (Å²) in [4.78, 5) is 12.3. The summed E-state index contributed by atoms with van der Waals surface area (Å²) < 4.78 is 5.81. The molecular weight excluding hydrogens is 288 g/mol. The molecule has 1 aliphatic heterocycles. The van der Waals surface area contributed by atoms with Crippen molar-refractivity contribution in [2.45, 2.75) is 70.4 Å². The Hall–Kier alpha value is -0.610. The molecular formula is C19H32N2O2. The van der Waals surface area contributed by atoms with Crippen molar-refractivity contribution in [1.29, 1.82) is 0 Å². The molecule has 1 atom stereocenters. The van der Waals surface area contributed by atoms with E-state index < -0.39 is 0 Å². The number of carbonyl (C=O) groups excluding carboxylic acids is 1. The Bertz CT molecular complexity index is 409. The molecule has 1 amide bonds. The molecule has 1 unspecified atom stereocenters. The van der Waals surface area contributed by atoms with E-state index in [1.165, 1.54) is 38.5 Å². The highest BCUT2D eigenvalue weighted by Crippen LogP contribution is 2.61. The molecule has 1 heterocycles. The lowest BCUT2D eigenvalue weighted by molar-refractivity contribution is -0.132. The summed E-state index contributed by atoms with van der Waals surface area (Å²) in [7, 11) is 0. The highest BCUT2D eigenvalue weighted by atomic mass is 16.5. The summed E-state index contributed by atoms with van der Waals surface area (Å²) in [5.74, 6) is 2.90. The van der Waals surface area contributed by atoms with E-state index in [9.17, 15) is 4.79 Å². The molecule has 0 aromatic rings. The number of hydrogen-bond donors (Lipinski definition) is 2. The van der Waals surface area contributed by atoms with Gasteiger partial charge in [-0.2, -0.15) is 0 Å². The quantitative estimate of drug-likeness (QED) is 0.818. The van der Waals surface area contributed by atoms with E-state index in [-0.39, 0.29) is 18.6 Å². The monoisotopic (exact) mass is 320 g/mol. The average molecular weight is 320 g/mol. The minimum absolute atomic E-state index is 0.0896. The summed E-state index contributed by atoms with van der Waals surface area (Å²) in [6.45, 7) is 4.50. The number of rotatable bonds is 5. The molecule has 4 aliphatic carbocycles. The van der Waals surface area contributed by atoms with E-state index in [4.69, 9.17) is 4.74 Å². The van der Waals surface area contributed by atoms with E-state index in [2.05, 4.69) is 17.6 Å². The van der Waals surface area contributed by atoms with Crippen LogP contribution >= 0.6 is 0 Å². The molecule has 4 saturated carbocycles. The number of amides is 1. The standard InChI is InChI=1S/C19H32N2O2/c1-13(21-18(22)12-23-17-2-4-20-5-3-17)19-9-14-6-15(10-19)8-16(7-14)11-19/h13-17,20H,2-12H2,1H3,(H,21,22). The first-order chi connectivity index (χ1) is 11.1. The van der Waals surface area contributed by atoms with Gasteiger partial charge in [-0.05, 0) is 94.5 Å². The van der Waals surface area contributed by atoms with E-state index in [0.717, 1.165) is 43.7 Å². The average Bonchev–Trinajstić information content (AvgIpc) is 2.52. The van der Waals surface area contributed by atoms with Gasteiger partial charge in [0, 0.05) is 6.04 Å². The lowest BCUT2D eigenvalue weighted by atomic mass is 9.48. The summed E-state index contributed by atoms with van der Waals surface area (Å²) in [6.07, 6.45) is 10.7. The van der Waals surface area contributed by atoms with Gasteiger partial charge in [-0.1, -0.05) is 0 Å². The van der Waals surface area contributed by atoms with Crippen molar-refractivity contribution < 1.29 is 9.53 Å². The highest BCUT2D eigenvalue weighted by molar-refractivity contribution is 5.77. The molecule has 23 heavy (non-hydrogen) atoms. The molecule has 5 rings (SSSR count).